The van der Waals surface area contributed by atoms with Gasteiger partial charge in [0.25, 0.3) is 0 Å². The molecular formula is C24H38N4O6S3. The van der Waals surface area contributed by atoms with Crippen molar-refractivity contribution in [1.29, 1.82) is 0 Å². The molecule has 0 fully saturated rings. The van der Waals surface area contributed by atoms with Crippen molar-refractivity contribution in [2.75, 3.05) is 36.0 Å². The highest BCUT2D eigenvalue weighted by molar-refractivity contribution is 7.98. The number of carboxylic acids is 1. The van der Waals surface area contributed by atoms with Crippen LogP contribution in [0.2, 0.25) is 0 Å². The number of rotatable bonds is 18. The van der Waals surface area contributed by atoms with Gasteiger partial charge in [0, 0.05) is 6.42 Å². The van der Waals surface area contributed by atoms with Crippen LogP contribution in [0.4, 0.5) is 0 Å². The summed E-state index contributed by atoms with van der Waals surface area (Å²) in [6, 6.07) is 2.25. The van der Waals surface area contributed by atoms with Crippen molar-refractivity contribution in [2.45, 2.75) is 49.9 Å². The Morgan fingerprint density at radius 1 is 0.757 bits per heavy atom. The Kier molecular flexibility index (Phi) is 16.2. The van der Waals surface area contributed by atoms with Gasteiger partial charge in [-0.25, -0.2) is 4.79 Å². The van der Waals surface area contributed by atoms with Crippen molar-refractivity contribution in [3.63, 3.8) is 0 Å². The lowest BCUT2D eigenvalue weighted by molar-refractivity contribution is -0.142. The van der Waals surface area contributed by atoms with Gasteiger partial charge in [0.2, 0.25) is 17.7 Å². The van der Waals surface area contributed by atoms with Crippen LogP contribution >= 0.6 is 35.3 Å². The Morgan fingerprint density at radius 2 is 1.22 bits per heavy atom. The number of phenols is 1. The molecule has 1 aromatic rings. The third kappa shape index (κ3) is 12.8. The minimum Gasteiger partial charge on any atom is -0.508 e. The molecule has 0 aliphatic heterocycles. The highest BCUT2D eigenvalue weighted by Gasteiger charge is 2.30. The van der Waals surface area contributed by atoms with E-state index in [9.17, 15) is 29.4 Å². The number of nitrogens with one attached hydrogen (secondary N) is 3. The Balaban J connectivity index is 3.09. The fraction of sp³-hybridized carbons (Fsp3) is 0.583. The average Bonchev–Trinajstić information content (AvgIpc) is 2.87. The standard InChI is InChI=1S/C24H38N4O6S3/c1-35-11-8-17(25)21(30)26-18(9-12-36-2)22(31)28-20(14-15-4-6-16(29)7-5-15)23(32)27-19(24(33)34)10-13-37-3/h4-7,17-20,29H,8-14,25H2,1-3H3,(H,26,30)(H,27,32)(H,28,31)(H,33,34). The second kappa shape index (κ2) is 18.2. The Labute approximate surface area is 231 Å². The molecule has 0 saturated carbocycles. The lowest BCUT2D eigenvalue weighted by atomic mass is 10.0. The third-order valence-electron chi connectivity index (χ3n) is 5.45. The van der Waals surface area contributed by atoms with E-state index >= 15 is 0 Å². The molecule has 7 N–H and O–H groups in total. The van der Waals surface area contributed by atoms with E-state index in [4.69, 9.17) is 5.73 Å². The van der Waals surface area contributed by atoms with Crippen LogP contribution in [0.1, 0.15) is 24.8 Å². The first-order valence-corrected chi connectivity index (χ1v) is 15.9. The molecule has 0 aromatic heterocycles. The number of nitrogens with two attached hydrogens (primary N) is 1. The summed E-state index contributed by atoms with van der Waals surface area (Å²) in [5.74, 6) is -0.953. The van der Waals surface area contributed by atoms with E-state index in [2.05, 4.69) is 16.0 Å². The highest BCUT2D eigenvalue weighted by atomic mass is 32.2. The molecule has 0 spiro atoms. The minimum absolute atomic E-state index is 0.0504. The predicted molar refractivity (Wildman–Crippen MR) is 152 cm³/mol. The molecule has 4 atom stereocenters. The number of aliphatic carboxylic acids is 1. The molecule has 0 aliphatic rings. The monoisotopic (exact) mass is 574 g/mol. The van der Waals surface area contributed by atoms with Gasteiger partial charge in [-0.1, -0.05) is 12.1 Å². The molecule has 4 unspecified atom stereocenters. The molecule has 0 saturated heterocycles. The Morgan fingerprint density at radius 3 is 1.76 bits per heavy atom. The summed E-state index contributed by atoms with van der Waals surface area (Å²) in [7, 11) is 0. The van der Waals surface area contributed by atoms with Crippen LogP contribution < -0.4 is 21.7 Å². The molecule has 13 heteroatoms. The molecule has 1 aromatic carbocycles. The molecule has 0 heterocycles. The molecule has 208 valence electrons. The number of hydrogen-bond acceptors (Lipinski definition) is 9. The maximum absolute atomic E-state index is 13.3. The number of thioether (sulfide) groups is 3. The lowest BCUT2D eigenvalue weighted by Crippen LogP contribution is -2.57. The largest absolute Gasteiger partial charge is 0.508 e. The van der Waals surface area contributed by atoms with Gasteiger partial charge in [0.05, 0.1) is 6.04 Å². The second-order valence-electron chi connectivity index (χ2n) is 8.34. The first-order valence-electron chi connectivity index (χ1n) is 11.8. The van der Waals surface area contributed by atoms with Gasteiger partial charge in [-0.15, -0.1) is 0 Å². The summed E-state index contributed by atoms with van der Waals surface area (Å²) in [6.07, 6.45) is 6.70. The average molecular weight is 575 g/mol. The Bertz CT molecular complexity index is 875. The van der Waals surface area contributed by atoms with Crippen LogP contribution in [0, 0.1) is 0 Å². The number of phenolic OH excluding ortho intramolecular Hbond substituents is 1. The van der Waals surface area contributed by atoms with Gasteiger partial charge in [0.1, 0.15) is 23.9 Å². The van der Waals surface area contributed by atoms with Crippen molar-refractivity contribution < 1.29 is 29.4 Å². The van der Waals surface area contributed by atoms with Crippen LogP contribution in [0.25, 0.3) is 0 Å². The Hall–Kier alpha value is -2.09. The van der Waals surface area contributed by atoms with Crippen molar-refractivity contribution in [2.24, 2.45) is 5.73 Å². The van der Waals surface area contributed by atoms with E-state index in [-0.39, 0.29) is 18.6 Å². The summed E-state index contributed by atoms with van der Waals surface area (Å²) in [5, 5.41) is 27.0. The number of carboxylic acid groups (broad SMARTS) is 1. The summed E-state index contributed by atoms with van der Waals surface area (Å²) in [4.78, 5) is 50.7. The molecular weight excluding hydrogens is 536 g/mol. The fourth-order valence-electron chi connectivity index (χ4n) is 3.27. The first kappa shape index (κ1) is 32.9. The molecule has 1 rings (SSSR count). The third-order valence-corrected chi connectivity index (χ3v) is 7.38. The van der Waals surface area contributed by atoms with Crippen LogP contribution in [-0.4, -0.2) is 94.1 Å². The van der Waals surface area contributed by atoms with Gasteiger partial charge >= 0.3 is 5.97 Å². The number of benzene rings is 1. The molecule has 3 amide bonds. The van der Waals surface area contributed by atoms with E-state index < -0.39 is 47.9 Å². The van der Waals surface area contributed by atoms with E-state index in [0.29, 0.717) is 35.7 Å². The zero-order chi connectivity index (χ0) is 27.8. The number of hydrogen-bond donors (Lipinski definition) is 6. The van der Waals surface area contributed by atoms with Crippen molar-refractivity contribution >= 4 is 59.0 Å². The van der Waals surface area contributed by atoms with E-state index in [1.807, 2.05) is 18.8 Å². The quantitative estimate of drug-likeness (QED) is 0.149. The number of carbonyl (C=O) groups excluding carboxylic acids is 3. The van der Waals surface area contributed by atoms with E-state index in [1.54, 1.807) is 23.9 Å². The highest BCUT2D eigenvalue weighted by Crippen LogP contribution is 2.13. The summed E-state index contributed by atoms with van der Waals surface area (Å²) < 4.78 is 0. The number of carbonyl (C=O) groups is 4. The number of amides is 3. The summed E-state index contributed by atoms with van der Waals surface area (Å²) in [5.41, 5.74) is 6.61. The predicted octanol–water partition coefficient (Wildman–Crippen LogP) is 1.06. The SMILES string of the molecule is CSCCC(N)C(=O)NC(CCSC)C(=O)NC(Cc1ccc(O)cc1)C(=O)NC(CCSC)C(=O)O. The van der Waals surface area contributed by atoms with Crippen LogP contribution in [0.15, 0.2) is 24.3 Å². The van der Waals surface area contributed by atoms with Crippen molar-refractivity contribution in [3.05, 3.63) is 29.8 Å². The van der Waals surface area contributed by atoms with Crippen molar-refractivity contribution in [3.8, 4) is 5.75 Å². The smallest absolute Gasteiger partial charge is 0.326 e. The first-order chi connectivity index (χ1) is 17.6. The molecule has 0 radical (unpaired) electrons. The zero-order valence-electron chi connectivity index (χ0n) is 21.4. The summed E-state index contributed by atoms with van der Waals surface area (Å²) >= 11 is 4.53. The van der Waals surface area contributed by atoms with E-state index in [0.717, 1.165) is 0 Å². The van der Waals surface area contributed by atoms with Crippen LogP contribution in [0.5, 0.6) is 5.75 Å². The van der Waals surface area contributed by atoms with Gasteiger partial charge < -0.3 is 31.9 Å². The normalized spacial score (nSPS) is 14.2. The fourth-order valence-corrected chi connectivity index (χ4v) is 4.71. The van der Waals surface area contributed by atoms with Gasteiger partial charge in [-0.05, 0) is 73.0 Å². The summed E-state index contributed by atoms with van der Waals surface area (Å²) in [6.45, 7) is 0. The molecule has 0 bridgehead atoms. The van der Waals surface area contributed by atoms with Gasteiger partial charge in [-0.2, -0.15) is 35.3 Å². The molecule has 10 nitrogen and oxygen atoms in total. The maximum Gasteiger partial charge on any atom is 0.326 e. The second-order valence-corrected chi connectivity index (χ2v) is 11.3. The minimum atomic E-state index is -1.17. The van der Waals surface area contributed by atoms with Gasteiger partial charge in [-0.3, -0.25) is 14.4 Å². The van der Waals surface area contributed by atoms with E-state index in [1.165, 1.54) is 35.7 Å². The van der Waals surface area contributed by atoms with Crippen LogP contribution in [0.3, 0.4) is 0 Å². The topological polar surface area (TPSA) is 171 Å². The van der Waals surface area contributed by atoms with Crippen molar-refractivity contribution in [1.82, 2.24) is 16.0 Å². The maximum atomic E-state index is 13.3. The molecule has 0 aliphatic carbocycles. The van der Waals surface area contributed by atoms with Gasteiger partial charge in [0.15, 0.2) is 0 Å². The number of aromatic hydroxyl groups is 1. The van der Waals surface area contributed by atoms with Crippen LogP contribution in [-0.2, 0) is 25.6 Å². The lowest BCUT2D eigenvalue weighted by Gasteiger charge is -2.25. The zero-order valence-corrected chi connectivity index (χ0v) is 23.8. The molecule has 37 heavy (non-hydrogen) atoms.